The van der Waals surface area contributed by atoms with Crippen molar-refractivity contribution < 1.29 is 42.1 Å². The second-order valence-corrected chi connectivity index (χ2v) is 13.0. The van der Waals surface area contributed by atoms with E-state index in [4.69, 9.17) is 9.47 Å². The molecule has 3 saturated carbocycles. The molecule has 1 N–H and O–H groups in total. The minimum Gasteiger partial charge on any atom is -0.449 e. The van der Waals surface area contributed by atoms with Gasteiger partial charge in [0.15, 0.2) is 17.1 Å². The number of ether oxygens (including phenoxy) is 2. The van der Waals surface area contributed by atoms with Crippen LogP contribution in [0.5, 0.6) is 0 Å². The first-order valence-corrected chi connectivity index (χ1v) is 14.4. The summed E-state index contributed by atoms with van der Waals surface area (Å²) in [7, 11) is 0. The molecule has 4 aliphatic carbocycles. The second kappa shape index (κ2) is 9.47. The van der Waals surface area contributed by atoms with E-state index in [1.807, 2.05) is 0 Å². The molecule has 210 valence electrons. The monoisotopic (exact) mass is 556 g/mol. The Kier molecular flexibility index (Phi) is 6.96. The maximum atomic E-state index is 17.4. The van der Waals surface area contributed by atoms with E-state index < -0.39 is 80.9 Å². The van der Waals surface area contributed by atoms with Gasteiger partial charge in [-0.2, -0.15) is 0 Å². The number of allylic oxidation sites excluding steroid dienone is 4. The van der Waals surface area contributed by atoms with Crippen molar-refractivity contribution in [3.63, 3.8) is 0 Å². The number of hydrogen-bond donors (Lipinski definition) is 1. The number of halogens is 3. The number of esters is 1. The predicted molar refractivity (Wildman–Crippen MR) is 134 cm³/mol. The lowest BCUT2D eigenvalue weighted by Gasteiger charge is -2.63. The highest BCUT2D eigenvalue weighted by Crippen LogP contribution is 2.72. The van der Waals surface area contributed by atoms with Gasteiger partial charge in [0.25, 0.3) is 0 Å². The highest BCUT2D eigenvalue weighted by atomic mass is 32.2. The summed E-state index contributed by atoms with van der Waals surface area (Å²) in [6, 6.07) is -1.03. The van der Waals surface area contributed by atoms with Crippen LogP contribution in [-0.2, 0) is 23.9 Å². The van der Waals surface area contributed by atoms with Crippen molar-refractivity contribution in [3.8, 4) is 0 Å². The lowest BCUT2D eigenvalue weighted by atomic mass is 9.44. The molecular weight excluding hydrogens is 521 g/mol. The SMILES string of the molecule is CC1C[C@H]2[C@@H]3CC(F)C4=CC(=O)C=C[C@]4(C)C3(F)C(O)C[C@]2(C)C1(OC(=O)C1CCOCC1)C(=O)SCF. The summed E-state index contributed by atoms with van der Waals surface area (Å²) in [6.45, 7) is 5.68. The number of hydrogen-bond acceptors (Lipinski definition) is 7. The van der Waals surface area contributed by atoms with Crippen LogP contribution in [0, 0.1) is 34.5 Å². The van der Waals surface area contributed by atoms with Crippen LogP contribution in [0.4, 0.5) is 13.2 Å². The van der Waals surface area contributed by atoms with Crippen LogP contribution in [-0.4, -0.2) is 64.7 Å². The first-order valence-electron chi connectivity index (χ1n) is 13.4. The van der Waals surface area contributed by atoms with Gasteiger partial charge in [0, 0.05) is 35.9 Å². The van der Waals surface area contributed by atoms with Gasteiger partial charge in [0.05, 0.1) is 12.0 Å². The van der Waals surface area contributed by atoms with Crippen molar-refractivity contribution in [1.82, 2.24) is 0 Å². The molecule has 5 unspecified atom stereocenters. The minimum atomic E-state index is -2.32. The molecule has 9 atom stereocenters. The molecule has 6 nitrogen and oxygen atoms in total. The molecule has 1 aliphatic heterocycles. The summed E-state index contributed by atoms with van der Waals surface area (Å²) < 4.78 is 58.1. The third kappa shape index (κ3) is 3.58. The third-order valence-corrected chi connectivity index (χ3v) is 11.1. The first-order chi connectivity index (χ1) is 17.9. The topological polar surface area (TPSA) is 89.9 Å². The second-order valence-electron chi connectivity index (χ2n) is 12.1. The predicted octanol–water partition coefficient (Wildman–Crippen LogP) is 4.45. The van der Waals surface area contributed by atoms with Gasteiger partial charge in [-0.1, -0.05) is 19.9 Å². The van der Waals surface area contributed by atoms with Gasteiger partial charge >= 0.3 is 5.97 Å². The average molecular weight is 557 g/mol. The Morgan fingerprint density at radius 2 is 1.89 bits per heavy atom. The largest absolute Gasteiger partial charge is 0.449 e. The number of ketones is 1. The summed E-state index contributed by atoms with van der Waals surface area (Å²) in [5.41, 5.74) is -6.95. The standard InChI is InChI=1S/C28H35F3O6S/c1-15-10-18-19-12-21(30)20-11-17(32)4-7-25(20,2)27(19,31)22(33)13-26(18,3)28(15,24(35)38-14-29)37-23(34)16-5-8-36-9-6-16/h4,7,11,15-16,18-19,21-22,33H,5-6,8-10,12-14H2,1-3H3/t15?,18-,19-,21?,22?,25-,26-,27?,28?/m0/s1. The molecule has 1 heterocycles. The molecule has 10 heteroatoms. The number of carbonyl (C=O) groups excluding carboxylic acids is 3. The number of carbonyl (C=O) groups is 3. The molecule has 38 heavy (non-hydrogen) atoms. The van der Waals surface area contributed by atoms with Crippen LogP contribution in [0.3, 0.4) is 0 Å². The Morgan fingerprint density at radius 3 is 2.55 bits per heavy atom. The number of aliphatic hydroxyl groups excluding tert-OH is 1. The fourth-order valence-corrected chi connectivity index (χ4v) is 9.34. The molecule has 0 radical (unpaired) electrons. The van der Waals surface area contributed by atoms with E-state index in [-0.39, 0.29) is 24.8 Å². The van der Waals surface area contributed by atoms with Crippen molar-refractivity contribution >= 4 is 28.6 Å². The zero-order chi connectivity index (χ0) is 27.7. The third-order valence-electron chi connectivity index (χ3n) is 10.5. The fraction of sp³-hybridized carbons (Fsp3) is 0.750. The molecule has 0 aromatic rings. The molecule has 0 spiro atoms. The van der Waals surface area contributed by atoms with Gasteiger partial charge in [-0.25, -0.2) is 13.2 Å². The Balaban J connectivity index is 1.59. The van der Waals surface area contributed by atoms with Gasteiger partial charge in [-0.15, -0.1) is 0 Å². The maximum absolute atomic E-state index is 17.4. The van der Waals surface area contributed by atoms with Crippen LogP contribution >= 0.6 is 11.8 Å². The number of rotatable bonds is 4. The summed E-state index contributed by atoms with van der Waals surface area (Å²) in [5.74, 6) is -3.79. The van der Waals surface area contributed by atoms with E-state index in [1.165, 1.54) is 19.1 Å². The molecular formula is C28H35F3O6S. The van der Waals surface area contributed by atoms with Crippen molar-refractivity contribution in [3.05, 3.63) is 23.8 Å². The Labute approximate surface area is 224 Å². The average Bonchev–Trinajstić information content (AvgIpc) is 3.10. The van der Waals surface area contributed by atoms with E-state index in [9.17, 15) is 23.9 Å². The number of aliphatic hydroxyl groups is 1. The highest BCUT2D eigenvalue weighted by Gasteiger charge is 2.78. The Morgan fingerprint density at radius 1 is 1.21 bits per heavy atom. The van der Waals surface area contributed by atoms with Crippen molar-refractivity contribution in [2.75, 3.05) is 19.2 Å². The summed E-state index contributed by atoms with van der Waals surface area (Å²) >= 11 is 0.407. The number of fused-ring (bicyclic) bond motifs is 5. The lowest BCUT2D eigenvalue weighted by Crippen LogP contribution is -2.70. The normalized spacial score (nSPS) is 46.6. The smallest absolute Gasteiger partial charge is 0.310 e. The molecule has 0 bridgehead atoms. The quantitative estimate of drug-likeness (QED) is 0.512. The zero-order valence-corrected chi connectivity index (χ0v) is 22.7. The van der Waals surface area contributed by atoms with Gasteiger partial charge in [-0.3, -0.25) is 14.4 Å². The highest BCUT2D eigenvalue weighted by molar-refractivity contribution is 8.13. The van der Waals surface area contributed by atoms with E-state index in [2.05, 4.69) is 0 Å². The minimum absolute atomic E-state index is 0.0127. The van der Waals surface area contributed by atoms with Crippen molar-refractivity contribution in [2.24, 2.45) is 34.5 Å². The van der Waals surface area contributed by atoms with Crippen LogP contribution in [0.2, 0.25) is 0 Å². The van der Waals surface area contributed by atoms with E-state index >= 15 is 8.78 Å². The Bertz CT molecular complexity index is 1090. The fourth-order valence-electron chi connectivity index (χ4n) is 8.55. The van der Waals surface area contributed by atoms with Crippen LogP contribution in [0.1, 0.15) is 52.9 Å². The van der Waals surface area contributed by atoms with E-state index in [0.29, 0.717) is 37.8 Å². The molecule has 0 aromatic carbocycles. The maximum Gasteiger partial charge on any atom is 0.310 e. The molecule has 0 aromatic heterocycles. The molecule has 0 amide bonds. The van der Waals surface area contributed by atoms with Gasteiger partial charge in [0.1, 0.15) is 12.2 Å². The van der Waals surface area contributed by atoms with Crippen molar-refractivity contribution in [2.45, 2.75) is 76.4 Å². The molecule has 1 saturated heterocycles. The number of alkyl halides is 3. The van der Waals surface area contributed by atoms with Gasteiger partial charge in [0.2, 0.25) is 5.12 Å². The van der Waals surface area contributed by atoms with E-state index in [1.54, 1.807) is 13.8 Å². The Hall–Kier alpha value is -1.65. The van der Waals surface area contributed by atoms with Crippen LogP contribution in [0.15, 0.2) is 23.8 Å². The van der Waals surface area contributed by atoms with E-state index in [0.717, 1.165) is 6.08 Å². The summed E-state index contributed by atoms with van der Waals surface area (Å²) in [6.07, 6.45) is 0.989. The van der Waals surface area contributed by atoms with Crippen molar-refractivity contribution in [1.29, 1.82) is 0 Å². The van der Waals surface area contributed by atoms with Crippen LogP contribution < -0.4 is 0 Å². The van der Waals surface area contributed by atoms with Crippen LogP contribution in [0.25, 0.3) is 0 Å². The lowest BCUT2D eigenvalue weighted by molar-refractivity contribution is -0.230. The molecule has 4 fully saturated rings. The summed E-state index contributed by atoms with van der Waals surface area (Å²) in [5, 5.41) is 10.9. The number of thioether (sulfide) groups is 1. The molecule has 5 aliphatic rings. The van der Waals surface area contributed by atoms with Gasteiger partial charge in [-0.05, 0) is 74.4 Å². The summed E-state index contributed by atoms with van der Waals surface area (Å²) in [4.78, 5) is 39.2. The first kappa shape index (κ1) is 27.9. The van der Waals surface area contributed by atoms with Gasteiger partial charge < -0.3 is 14.6 Å². The zero-order valence-electron chi connectivity index (χ0n) is 21.9. The molecule has 5 rings (SSSR count).